The number of aliphatic carboxylic acids is 1. The van der Waals surface area contributed by atoms with E-state index in [1.807, 2.05) is 0 Å². The molecule has 5 nitrogen and oxygen atoms in total. The Balaban J connectivity index is 1.86. The Morgan fingerprint density at radius 1 is 1.37 bits per heavy atom. The monoisotopic (exact) mass is 268 g/mol. The quantitative estimate of drug-likeness (QED) is 0.821. The molecule has 2 rings (SSSR count). The second-order valence-electron chi connectivity index (χ2n) is 5.97. The van der Waals surface area contributed by atoms with E-state index in [2.05, 4.69) is 12.2 Å². The zero-order chi connectivity index (χ0) is 13.9. The maximum absolute atomic E-state index is 12.3. The minimum Gasteiger partial charge on any atom is -0.481 e. The maximum Gasteiger partial charge on any atom is 0.317 e. The number of urea groups is 1. The van der Waals surface area contributed by atoms with Gasteiger partial charge in [-0.05, 0) is 44.4 Å². The molecule has 1 aliphatic heterocycles. The van der Waals surface area contributed by atoms with Crippen molar-refractivity contribution in [1.29, 1.82) is 0 Å². The highest BCUT2D eigenvalue weighted by molar-refractivity contribution is 5.75. The van der Waals surface area contributed by atoms with E-state index in [-0.39, 0.29) is 23.9 Å². The summed E-state index contributed by atoms with van der Waals surface area (Å²) < 4.78 is 0. The van der Waals surface area contributed by atoms with Crippen LogP contribution in [-0.2, 0) is 4.79 Å². The predicted octanol–water partition coefficient (Wildman–Crippen LogP) is 2.22. The molecule has 1 atom stereocenters. The number of rotatable bonds is 4. The topological polar surface area (TPSA) is 69.6 Å². The van der Waals surface area contributed by atoms with Gasteiger partial charge >= 0.3 is 12.0 Å². The van der Waals surface area contributed by atoms with Gasteiger partial charge < -0.3 is 15.3 Å². The first kappa shape index (κ1) is 14.2. The summed E-state index contributed by atoms with van der Waals surface area (Å²) in [7, 11) is 0. The Morgan fingerprint density at radius 3 is 2.63 bits per heavy atom. The van der Waals surface area contributed by atoms with E-state index >= 15 is 0 Å². The van der Waals surface area contributed by atoms with Gasteiger partial charge in [-0.2, -0.15) is 0 Å². The summed E-state index contributed by atoms with van der Waals surface area (Å²) in [6.07, 6.45) is 6.30. The molecule has 0 aromatic rings. The van der Waals surface area contributed by atoms with Crippen LogP contribution in [0, 0.1) is 5.92 Å². The Bertz CT molecular complexity index is 347. The molecule has 1 saturated heterocycles. The van der Waals surface area contributed by atoms with Crippen LogP contribution in [0.15, 0.2) is 0 Å². The molecular weight excluding hydrogens is 244 g/mol. The van der Waals surface area contributed by atoms with Crippen LogP contribution in [0.1, 0.15) is 51.9 Å². The van der Waals surface area contributed by atoms with Crippen molar-refractivity contribution in [3.05, 3.63) is 0 Å². The third-order valence-electron chi connectivity index (χ3n) is 4.63. The molecule has 1 aliphatic carbocycles. The molecule has 108 valence electrons. The van der Waals surface area contributed by atoms with Crippen molar-refractivity contribution in [2.24, 2.45) is 5.92 Å². The van der Waals surface area contributed by atoms with E-state index < -0.39 is 5.97 Å². The summed E-state index contributed by atoms with van der Waals surface area (Å²) in [5.41, 5.74) is 0.0107. The summed E-state index contributed by atoms with van der Waals surface area (Å²) in [6.45, 7) is 3.45. The smallest absolute Gasteiger partial charge is 0.317 e. The third kappa shape index (κ3) is 3.39. The van der Waals surface area contributed by atoms with E-state index in [0.29, 0.717) is 6.54 Å². The summed E-state index contributed by atoms with van der Waals surface area (Å²) >= 11 is 0. The largest absolute Gasteiger partial charge is 0.481 e. The summed E-state index contributed by atoms with van der Waals surface area (Å²) in [6, 6.07) is -0.00311. The lowest BCUT2D eigenvalue weighted by atomic mass is 9.75. The van der Waals surface area contributed by atoms with Gasteiger partial charge in [-0.3, -0.25) is 4.79 Å². The Morgan fingerprint density at radius 2 is 2.11 bits per heavy atom. The second-order valence-corrected chi connectivity index (χ2v) is 5.97. The van der Waals surface area contributed by atoms with Gasteiger partial charge in [-0.1, -0.05) is 6.92 Å². The predicted molar refractivity (Wildman–Crippen MR) is 72.0 cm³/mol. The first-order chi connectivity index (χ1) is 9.04. The lowest BCUT2D eigenvalue weighted by Crippen LogP contribution is -2.58. The summed E-state index contributed by atoms with van der Waals surface area (Å²) in [4.78, 5) is 24.8. The molecule has 19 heavy (non-hydrogen) atoms. The molecule has 0 spiro atoms. The number of hydrogen-bond donors (Lipinski definition) is 2. The second kappa shape index (κ2) is 5.80. The van der Waals surface area contributed by atoms with Gasteiger partial charge in [-0.15, -0.1) is 0 Å². The van der Waals surface area contributed by atoms with Gasteiger partial charge in [0.1, 0.15) is 0 Å². The molecule has 1 saturated carbocycles. The van der Waals surface area contributed by atoms with Crippen LogP contribution in [0.5, 0.6) is 0 Å². The number of piperidine rings is 1. The van der Waals surface area contributed by atoms with E-state index in [4.69, 9.17) is 5.11 Å². The number of likely N-dealkylation sites (tertiary alicyclic amines) is 1. The lowest BCUT2D eigenvalue weighted by molar-refractivity contribution is -0.138. The number of nitrogens with zero attached hydrogens (tertiary/aromatic N) is 1. The number of amides is 2. The van der Waals surface area contributed by atoms with Gasteiger partial charge in [-0.25, -0.2) is 4.79 Å². The van der Waals surface area contributed by atoms with Crippen molar-refractivity contribution in [3.63, 3.8) is 0 Å². The SMILES string of the molecule is CCC1(NC(=O)N2CCCC(CC(=O)O)C2)CCC1. The molecule has 2 fully saturated rings. The van der Waals surface area contributed by atoms with Crippen LogP contribution in [0.2, 0.25) is 0 Å². The zero-order valence-corrected chi connectivity index (χ0v) is 11.7. The number of hydrogen-bond acceptors (Lipinski definition) is 2. The van der Waals surface area contributed by atoms with Crippen molar-refractivity contribution in [3.8, 4) is 0 Å². The average Bonchev–Trinajstić information content (AvgIpc) is 2.33. The van der Waals surface area contributed by atoms with Crippen molar-refractivity contribution < 1.29 is 14.7 Å². The lowest BCUT2D eigenvalue weighted by Gasteiger charge is -2.44. The molecule has 2 amide bonds. The fraction of sp³-hybridized carbons (Fsp3) is 0.857. The van der Waals surface area contributed by atoms with Crippen molar-refractivity contribution in [1.82, 2.24) is 10.2 Å². The van der Waals surface area contributed by atoms with Crippen LogP contribution in [0.25, 0.3) is 0 Å². The van der Waals surface area contributed by atoms with Crippen LogP contribution < -0.4 is 5.32 Å². The molecule has 5 heteroatoms. The van der Waals surface area contributed by atoms with Crippen molar-refractivity contribution >= 4 is 12.0 Å². The van der Waals surface area contributed by atoms with Gasteiger partial charge in [0.25, 0.3) is 0 Å². The normalized spacial score (nSPS) is 25.5. The highest BCUT2D eigenvalue weighted by Gasteiger charge is 2.38. The molecule has 0 aromatic heterocycles. The zero-order valence-electron chi connectivity index (χ0n) is 11.7. The maximum atomic E-state index is 12.3. The minimum atomic E-state index is -0.767. The molecule has 2 N–H and O–H groups in total. The van der Waals surface area contributed by atoms with Crippen LogP contribution >= 0.6 is 0 Å². The summed E-state index contributed by atoms with van der Waals surface area (Å²) in [5, 5.41) is 12.0. The van der Waals surface area contributed by atoms with Gasteiger partial charge in [0.15, 0.2) is 0 Å². The first-order valence-electron chi connectivity index (χ1n) is 7.33. The number of carboxylic acids is 1. The van der Waals surface area contributed by atoms with E-state index in [1.54, 1.807) is 4.90 Å². The standard InChI is InChI=1S/C14H24N2O3/c1-2-14(6-4-7-14)15-13(19)16-8-3-5-11(10-16)9-12(17)18/h11H,2-10H2,1H3,(H,15,19)(H,17,18). The van der Waals surface area contributed by atoms with Crippen molar-refractivity contribution in [2.45, 2.75) is 57.4 Å². The van der Waals surface area contributed by atoms with Crippen molar-refractivity contribution in [2.75, 3.05) is 13.1 Å². The third-order valence-corrected chi connectivity index (χ3v) is 4.63. The van der Waals surface area contributed by atoms with Gasteiger partial charge in [0.05, 0.1) is 0 Å². The number of carbonyl (C=O) groups excluding carboxylic acids is 1. The highest BCUT2D eigenvalue weighted by Crippen LogP contribution is 2.35. The Kier molecular flexibility index (Phi) is 4.32. The van der Waals surface area contributed by atoms with E-state index in [1.165, 1.54) is 6.42 Å². The van der Waals surface area contributed by atoms with E-state index in [0.717, 1.165) is 38.6 Å². The molecule has 0 bridgehead atoms. The number of carbonyl (C=O) groups is 2. The molecular formula is C14H24N2O3. The first-order valence-corrected chi connectivity index (χ1v) is 7.33. The fourth-order valence-electron chi connectivity index (χ4n) is 3.14. The number of nitrogens with one attached hydrogen (secondary N) is 1. The molecule has 0 aromatic carbocycles. The number of carboxylic acid groups (broad SMARTS) is 1. The van der Waals surface area contributed by atoms with Crippen LogP contribution in [-0.4, -0.2) is 40.6 Å². The summed E-state index contributed by atoms with van der Waals surface area (Å²) in [5.74, 6) is -0.660. The van der Waals surface area contributed by atoms with Crippen LogP contribution in [0.4, 0.5) is 4.79 Å². The van der Waals surface area contributed by atoms with Gasteiger partial charge in [0.2, 0.25) is 0 Å². The van der Waals surface area contributed by atoms with Crippen LogP contribution in [0.3, 0.4) is 0 Å². The van der Waals surface area contributed by atoms with E-state index in [9.17, 15) is 9.59 Å². The Hall–Kier alpha value is -1.26. The molecule has 1 heterocycles. The molecule has 2 aliphatic rings. The Labute approximate surface area is 114 Å². The average molecular weight is 268 g/mol. The fourth-order valence-corrected chi connectivity index (χ4v) is 3.14. The minimum absolute atomic E-state index is 0.00311. The highest BCUT2D eigenvalue weighted by atomic mass is 16.4. The molecule has 0 radical (unpaired) electrons. The van der Waals surface area contributed by atoms with Gasteiger partial charge in [0, 0.05) is 25.0 Å². The molecule has 1 unspecified atom stereocenters.